The van der Waals surface area contributed by atoms with Crippen LogP contribution < -0.4 is 5.43 Å². The van der Waals surface area contributed by atoms with E-state index in [4.69, 9.17) is 0 Å². The third-order valence-electron chi connectivity index (χ3n) is 3.47. The zero-order valence-corrected chi connectivity index (χ0v) is 10.0. The van der Waals surface area contributed by atoms with Crippen LogP contribution in [0.4, 0.5) is 0 Å². The Balaban J connectivity index is 1.80. The van der Waals surface area contributed by atoms with Crippen molar-refractivity contribution in [2.75, 3.05) is 5.43 Å². The standard InChI is InChI=1S/C12H17N5/c1-9-3-2-4-10(5-9)16-17-8-15-11-6-13-7-14-12(11)17/h6-10,16H,2-5H2,1H3. The Labute approximate surface area is 100 Å². The first-order valence-electron chi connectivity index (χ1n) is 6.22. The van der Waals surface area contributed by atoms with Crippen LogP contribution in [0.5, 0.6) is 0 Å². The average Bonchev–Trinajstić information content (AvgIpc) is 2.73. The summed E-state index contributed by atoms with van der Waals surface area (Å²) >= 11 is 0. The predicted octanol–water partition coefficient (Wildman–Crippen LogP) is 1.95. The maximum atomic E-state index is 4.28. The van der Waals surface area contributed by atoms with Gasteiger partial charge in [-0.05, 0) is 18.8 Å². The van der Waals surface area contributed by atoms with Crippen molar-refractivity contribution in [1.29, 1.82) is 0 Å². The van der Waals surface area contributed by atoms with E-state index in [0.717, 1.165) is 17.1 Å². The Hall–Kier alpha value is -1.65. The van der Waals surface area contributed by atoms with Crippen LogP contribution in [0.15, 0.2) is 18.9 Å². The molecule has 0 saturated heterocycles. The largest absolute Gasteiger partial charge is 0.320 e. The lowest BCUT2D eigenvalue weighted by Gasteiger charge is -2.28. The molecule has 2 heterocycles. The van der Waals surface area contributed by atoms with Crippen molar-refractivity contribution in [2.24, 2.45) is 5.92 Å². The fourth-order valence-corrected chi connectivity index (χ4v) is 2.61. The van der Waals surface area contributed by atoms with Crippen molar-refractivity contribution < 1.29 is 0 Å². The fraction of sp³-hybridized carbons (Fsp3) is 0.583. The normalized spacial score (nSPS) is 25.0. The minimum Gasteiger partial charge on any atom is -0.320 e. The molecular weight excluding hydrogens is 214 g/mol. The molecule has 2 aromatic rings. The van der Waals surface area contributed by atoms with Crippen molar-refractivity contribution in [3.63, 3.8) is 0 Å². The summed E-state index contributed by atoms with van der Waals surface area (Å²) in [6.45, 7) is 2.32. The van der Waals surface area contributed by atoms with Gasteiger partial charge in [-0.3, -0.25) is 0 Å². The maximum absolute atomic E-state index is 4.28. The Morgan fingerprint density at radius 3 is 3.18 bits per heavy atom. The van der Waals surface area contributed by atoms with E-state index in [9.17, 15) is 0 Å². The second kappa shape index (κ2) is 4.31. The predicted molar refractivity (Wildman–Crippen MR) is 66.1 cm³/mol. The Morgan fingerprint density at radius 2 is 2.29 bits per heavy atom. The first-order valence-corrected chi connectivity index (χ1v) is 6.22. The van der Waals surface area contributed by atoms with E-state index in [0.29, 0.717) is 6.04 Å². The molecule has 90 valence electrons. The number of aromatic nitrogens is 4. The van der Waals surface area contributed by atoms with Crippen molar-refractivity contribution in [3.05, 3.63) is 18.9 Å². The molecule has 0 aromatic carbocycles. The monoisotopic (exact) mass is 231 g/mol. The smallest absolute Gasteiger partial charge is 0.181 e. The van der Waals surface area contributed by atoms with E-state index in [1.165, 1.54) is 25.7 Å². The first-order chi connectivity index (χ1) is 8.33. The fourth-order valence-electron chi connectivity index (χ4n) is 2.61. The molecule has 0 bridgehead atoms. The Morgan fingerprint density at radius 1 is 1.35 bits per heavy atom. The van der Waals surface area contributed by atoms with Crippen molar-refractivity contribution in [1.82, 2.24) is 19.6 Å². The summed E-state index contributed by atoms with van der Waals surface area (Å²) in [5.74, 6) is 0.811. The van der Waals surface area contributed by atoms with Gasteiger partial charge in [-0.15, -0.1) is 0 Å². The van der Waals surface area contributed by atoms with Gasteiger partial charge in [-0.1, -0.05) is 19.8 Å². The van der Waals surface area contributed by atoms with Crippen LogP contribution in [0.3, 0.4) is 0 Å². The number of nitrogens with zero attached hydrogens (tertiary/aromatic N) is 4. The van der Waals surface area contributed by atoms with Crippen LogP contribution in [0, 0.1) is 5.92 Å². The van der Waals surface area contributed by atoms with Gasteiger partial charge in [0.1, 0.15) is 18.2 Å². The van der Waals surface area contributed by atoms with E-state index in [1.807, 2.05) is 4.68 Å². The highest BCUT2D eigenvalue weighted by Crippen LogP contribution is 2.24. The minimum atomic E-state index is 0.533. The SMILES string of the molecule is CC1CCCC(Nn2cnc3cncnc32)C1. The van der Waals surface area contributed by atoms with Gasteiger partial charge >= 0.3 is 0 Å². The lowest BCUT2D eigenvalue weighted by Crippen LogP contribution is -2.32. The van der Waals surface area contributed by atoms with Gasteiger partial charge in [0.15, 0.2) is 5.65 Å². The van der Waals surface area contributed by atoms with E-state index < -0.39 is 0 Å². The zero-order valence-electron chi connectivity index (χ0n) is 10.0. The summed E-state index contributed by atoms with van der Waals surface area (Å²) in [6, 6.07) is 0.533. The number of rotatable bonds is 2. The molecule has 1 fully saturated rings. The van der Waals surface area contributed by atoms with Gasteiger partial charge in [0.05, 0.1) is 6.20 Å². The number of hydrogen-bond acceptors (Lipinski definition) is 4. The number of hydrogen-bond donors (Lipinski definition) is 1. The summed E-state index contributed by atoms with van der Waals surface area (Å²) in [7, 11) is 0. The number of nitrogens with one attached hydrogen (secondary N) is 1. The van der Waals surface area contributed by atoms with E-state index in [2.05, 4.69) is 27.3 Å². The van der Waals surface area contributed by atoms with Crippen LogP contribution in [-0.2, 0) is 0 Å². The van der Waals surface area contributed by atoms with E-state index in [1.54, 1.807) is 18.9 Å². The minimum absolute atomic E-state index is 0.533. The molecule has 2 aromatic heterocycles. The lowest BCUT2D eigenvalue weighted by atomic mass is 9.87. The average molecular weight is 231 g/mol. The lowest BCUT2D eigenvalue weighted by molar-refractivity contribution is 0.345. The second-order valence-corrected chi connectivity index (χ2v) is 4.94. The van der Waals surface area contributed by atoms with Crippen molar-refractivity contribution in [2.45, 2.75) is 38.6 Å². The van der Waals surface area contributed by atoms with Crippen LogP contribution in [-0.4, -0.2) is 25.7 Å². The van der Waals surface area contributed by atoms with Crippen LogP contribution in [0.1, 0.15) is 32.6 Å². The van der Waals surface area contributed by atoms with E-state index >= 15 is 0 Å². The molecule has 3 rings (SSSR count). The van der Waals surface area contributed by atoms with Gasteiger partial charge in [-0.2, -0.15) is 0 Å². The van der Waals surface area contributed by atoms with Gasteiger partial charge < -0.3 is 5.43 Å². The molecule has 1 aliphatic carbocycles. The van der Waals surface area contributed by atoms with Crippen molar-refractivity contribution in [3.8, 4) is 0 Å². The molecule has 0 spiro atoms. The maximum Gasteiger partial charge on any atom is 0.181 e. The molecule has 1 aliphatic rings. The molecule has 2 unspecified atom stereocenters. The Kier molecular flexibility index (Phi) is 2.66. The highest BCUT2D eigenvalue weighted by molar-refractivity contribution is 5.69. The summed E-state index contributed by atoms with van der Waals surface area (Å²) in [5, 5.41) is 0. The van der Waals surface area contributed by atoms with Crippen LogP contribution in [0.25, 0.3) is 11.2 Å². The summed E-state index contributed by atoms with van der Waals surface area (Å²) in [5.41, 5.74) is 5.19. The van der Waals surface area contributed by atoms with Gasteiger partial charge in [0, 0.05) is 6.04 Å². The molecule has 5 nitrogen and oxygen atoms in total. The molecule has 17 heavy (non-hydrogen) atoms. The zero-order chi connectivity index (χ0) is 11.7. The van der Waals surface area contributed by atoms with E-state index in [-0.39, 0.29) is 0 Å². The van der Waals surface area contributed by atoms with Crippen LogP contribution in [0.2, 0.25) is 0 Å². The highest BCUT2D eigenvalue weighted by Gasteiger charge is 2.19. The third-order valence-corrected chi connectivity index (χ3v) is 3.47. The molecule has 1 N–H and O–H groups in total. The molecular formula is C12H17N5. The topological polar surface area (TPSA) is 55.6 Å². The Bertz CT molecular complexity index is 506. The summed E-state index contributed by atoms with van der Waals surface area (Å²) in [6.07, 6.45) is 10.2. The third kappa shape index (κ3) is 2.09. The summed E-state index contributed by atoms with van der Waals surface area (Å²) < 4.78 is 1.93. The molecule has 0 radical (unpaired) electrons. The first kappa shape index (κ1) is 10.5. The molecule has 1 saturated carbocycles. The van der Waals surface area contributed by atoms with Gasteiger partial charge in [0.25, 0.3) is 0 Å². The van der Waals surface area contributed by atoms with Gasteiger partial charge in [0.2, 0.25) is 0 Å². The molecule has 2 atom stereocenters. The molecule has 5 heteroatoms. The second-order valence-electron chi connectivity index (χ2n) is 4.94. The number of imidazole rings is 1. The molecule has 0 aliphatic heterocycles. The van der Waals surface area contributed by atoms with Crippen LogP contribution >= 0.6 is 0 Å². The number of fused-ring (bicyclic) bond motifs is 1. The summed E-state index contributed by atoms with van der Waals surface area (Å²) in [4.78, 5) is 12.5. The quantitative estimate of drug-likeness (QED) is 0.858. The molecule has 0 amide bonds. The van der Waals surface area contributed by atoms with Crippen molar-refractivity contribution >= 4 is 11.2 Å². The van der Waals surface area contributed by atoms with Gasteiger partial charge in [-0.25, -0.2) is 19.6 Å². The highest BCUT2D eigenvalue weighted by atomic mass is 15.4.